The fourth-order valence-electron chi connectivity index (χ4n) is 4.59. The molecule has 0 radical (unpaired) electrons. The van der Waals surface area contributed by atoms with Crippen LogP contribution < -0.4 is 15.0 Å². The van der Waals surface area contributed by atoms with Gasteiger partial charge in [-0.3, -0.25) is 4.79 Å². The summed E-state index contributed by atoms with van der Waals surface area (Å²) < 4.78 is 18.9. The summed E-state index contributed by atoms with van der Waals surface area (Å²) in [5.74, 6) is 1.96. The van der Waals surface area contributed by atoms with Crippen LogP contribution in [0, 0.1) is 0 Å². The van der Waals surface area contributed by atoms with Gasteiger partial charge in [-0.2, -0.15) is 5.10 Å². The molecule has 37 heavy (non-hydrogen) atoms. The number of para-hydroxylation sites is 1. The van der Waals surface area contributed by atoms with E-state index in [-0.39, 0.29) is 11.4 Å². The summed E-state index contributed by atoms with van der Waals surface area (Å²) in [7, 11) is 1.60. The largest absolute Gasteiger partial charge is 0.486 e. The van der Waals surface area contributed by atoms with Crippen molar-refractivity contribution in [1.82, 2.24) is 25.0 Å². The van der Waals surface area contributed by atoms with Gasteiger partial charge in [0, 0.05) is 23.4 Å². The van der Waals surface area contributed by atoms with Gasteiger partial charge < -0.3 is 13.9 Å². The van der Waals surface area contributed by atoms with E-state index < -0.39 is 0 Å². The van der Waals surface area contributed by atoms with Gasteiger partial charge in [-0.1, -0.05) is 36.4 Å². The Hall–Kier alpha value is -5.05. The Labute approximate surface area is 209 Å². The molecule has 7 rings (SSSR count). The van der Waals surface area contributed by atoms with Gasteiger partial charge in [0.05, 0.1) is 22.2 Å². The Morgan fingerprint density at radius 1 is 0.784 bits per heavy atom. The second-order valence-electron chi connectivity index (χ2n) is 8.67. The number of benzene rings is 3. The molecule has 9 nitrogen and oxygen atoms in total. The first-order valence-electron chi connectivity index (χ1n) is 11.8. The lowest BCUT2D eigenvalue weighted by atomic mass is 10.0. The average molecular weight is 489 g/mol. The number of rotatable bonds is 3. The molecule has 3 aromatic carbocycles. The molecule has 0 amide bonds. The SMILES string of the molecule is Cn1nc(-c2nnc(-c3cc(-c4ccc5c(c4)OCCO5)nc4ccccc34)o2)c2ccccc2c1=O. The zero-order chi connectivity index (χ0) is 24.9. The lowest BCUT2D eigenvalue weighted by molar-refractivity contribution is 0.171. The molecule has 180 valence electrons. The van der Waals surface area contributed by atoms with Gasteiger partial charge in [0.15, 0.2) is 17.2 Å². The fraction of sp³-hybridized carbons (Fsp3) is 0.107. The topological polar surface area (TPSA) is 105 Å². The van der Waals surface area contributed by atoms with Gasteiger partial charge in [0.2, 0.25) is 5.89 Å². The molecule has 0 bridgehead atoms. The molecule has 0 aliphatic carbocycles. The summed E-state index contributed by atoms with van der Waals surface area (Å²) in [6.45, 7) is 1.04. The minimum Gasteiger partial charge on any atom is -0.486 e. The number of fused-ring (bicyclic) bond motifs is 3. The van der Waals surface area contributed by atoms with Gasteiger partial charge in [0.25, 0.3) is 11.4 Å². The normalized spacial score (nSPS) is 12.8. The van der Waals surface area contributed by atoms with Crippen LogP contribution >= 0.6 is 0 Å². The summed E-state index contributed by atoms with van der Waals surface area (Å²) in [6.07, 6.45) is 0. The van der Waals surface area contributed by atoms with Crippen LogP contribution in [0.5, 0.6) is 11.5 Å². The van der Waals surface area contributed by atoms with E-state index in [1.165, 1.54) is 4.68 Å². The molecule has 0 fully saturated rings. The summed E-state index contributed by atoms with van der Waals surface area (Å²) in [5, 5.41) is 15.1. The summed E-state index contributed by atoms with van der Waals surface area (Å²) in [4.78, 5) is 17.4. The molecule has 1 aliphatic heterocycles. The van der Waals surface area contributed by atoms with E-state index in [1.807, 2.05) is 66.7 Å². The van der Waals surface area contributed by atoms with Crippen LogP contribution in [-0.4, -0.2) is 38.2 Å². The van der Waals surface area contributed by atoms with E-state index in [2.05, 4.69) is 15.3 Å². The first kappa shape index (κ1) is 21.3. The Bertz CT molecular complexity index is 1890. The number of pyridine rings is 1. The van der Waals surface area contributed by atoms with Crippen LogP contribution in [0.2, 0.25) is 0 Å². The van der Waals surface area contributed by atoms with Gasteiger partial charge in [0.1, 0.15) is 13.2 Å². The number of aryl methyl sites for hydroxylation is 1. The molecule has 3 aromatic heterocycles. The predicted octanol–water partition coefficient (Wildman–Crippen LogP) is 4.64. The number of aromatic nitrogens is 5. The third kappa shape index (κ3) is 3.51. The Balaban J connectivity index is 1.39. The van der Waals surface area contributed by atoms with Crippen molar-refractivity contribution >= 4 is 21.7 Å². The van der Waals surface area contributed by atoms with Gasteiger partial charge in [-0.25, -0.2) is 9.67 Å². The zero-order valence-electron chi connectivity index (χ0n) is 19.7. The van der Waals surface area contributed by atoms with E-state index in [0.717, 1.165) is 33.5 Å². The van der Waals surface area contributed by atoms with Crippen molar-refractivity contribution in [3.63, 3.8) is 0 Å². The fourth-order valence-corrected chi connectivity index (χ4v) is 4.59. The maximum Gasteiger partial charge on any atom is 0.274 e. The van der Waals surface area contributed by atoms with Gasteiger partial charge in [-0.05, 0) is 36.4 Å². The monoisotopic (exact) mass is 489 g/mol. The maximum atomic E-state index is 12.6. The Morgan fingerprint density at radius 2 is 1.51 bits per heavy atom. The van der Waals surface area contributed by atoms with E-state index in [4.69, 9.17) is 18.9 Å². The van der Waals surface area contributed by atoms with Crippen LogP contribution in [0.4, 0.5) is 0 Å². The molecule has 0 spiro atoms. The van der Waals surface area contributed by atoms with Crippen LogP contribution in [0.1, 0.15) is 0 Å². The molecule has 9 heteroatoms. The van der Waals surface area contributed by atoms with Crippen molar-refractivity contribution < 1.29 is 13.9 Å². The number of ether oxygens (including phenoxy) is 2. The van der Waals surface area contributed by atoms with Crippen molar-refractivity contribution in [2.75, 3.05) is 13.2 Å². The summed E-state index contributed by atoms with van der Waals surface area (Å²) in [5.41, 5.74) is 3.39. The highest BCUT2D eigenvalue weighted by atomic mass is 16.6. The number of nitrogens with zero attached hydrogens (tertiary/aromatic N) is 5. The lowest BCUT2D eigenvalue weighted by Gasteiger charge is -2.19. The number of hydrogen-bond acceptors (Lipinski definition) is 8. The average Bonchev–Trinajstić information content (AvgIpc) is 3.44. The molecule has 4 heterocycles. The van der Waals surface area contributed by atoms with E-state index >= 15 is 0 Å². The molecule has 0 atom stereocenters. The maximum absolute atomic E-state index is 12.6. The van der Waals surface area contributed by atoms with Crippen molar-refractivity contribution in [1.29, 1.82) is 0 Å². The van der Waals surface area contributed by atoms with E-state index in [0.29, 0.717) is 41.3 Å². The smallest absolute Gasteiger partial charge is 0.274 e. The van der Waals surface area contributed by atoms with Gasteiger partial charge in [-0.15, -0.1) is 10.2 Å². The quantitative estimate of drug-likeness (QED) is 0.354. The second-order valence-corrected chi connectivity index (χ2v) is 8.67. The zero-order valence-corrected chi connectivity index (χ0v) is 19.7. The van der Waals surface area contributed by atoms with Gasteiger partial charge >= 0.3 is 0 Å². The first-order valence-corrected chi connectivity index (χ1v) is 11.8. The van der Waals surface area contributed by atoms with E-state index in [1.54, 1.807) is 13.1 Å². The highest BCUT2D eigenvalue weighted by molar-refractivity contribution is 5.95. The third-order valence-corrected chi connectivity index (χ3v) is 6.37. The van der Waals surface area contributed by atoms with Crippen molar-refractivity contribution in [2.24, 2.45) is 7.05 Å². The van der Waals surface area contributed by atoms with E-state index in [9.17, 15) is 4.79 Å². The number of hydrogen-bond donors (Lipinski definition) is 0. The Morgan fingerprint density at radius 3 is 2.38 bits per heavy atom. The van der Waals surface area contributed by atoms with Crippen LogP contribution in [0.3, 0.4) is 0 Å². The van der Waals surface area contributed by atoms with Crippen LogP contribution in [0.25, 0.3) is 56.0 Å². The standard InChI is InChI=1S/C28H19N5O4/c1-33-28(34)19-8-3-2-7-18(19)25(32-33)27-31-30-26(37-27)20-15-22(29-21-9-5-4-6-17(20)21)16-10-11-23-24(14-16)36-13-12-35-23/h2-11,14-15H,12-13H2,1H3. The molecule has 0 saturated carbocycles. The third-order valence-electron chi connectivity index (χ3n) is 6.37. The molecular weight excluding hydrogens is 470 g/mol. The van der Waals surface area contributed by atoms with Crippen molar-refractivity contribution in [2.45, 2.75) is 0 Å². The minimum atomic E-state index is -0.191. The molecule has 0 unspecified atom stereocenters. The second kappa shape index (κ2) is 8.27. The van der Waals surface area contributed by atoms with Crippen LogP contribution in [-0.2, 0) is 7.05 Å². The molecule has 1 aliphatic rings. The molecule has 6 aromatic rings. The highest BCUT2D eigenvalue weighted by Crippen LogP contribution is 2.37. The summed E-state index contributed by atoms with van der Waals surface area (Å²) in [6, 6.07) is 22.7. The Kier molecular flexibility index (Phi) is 4.75. The highest BCUT2D eigenvalue weighted by Gasteiger charge is 2.20. The van der Waals surface area contributed by atoms with Crippen molar-refractivity contribution in [3.05, 3.63) is 83.2 Å². The predicted molar refractivity (Wildman–Crippen MR) is 137 cm³/mol. The van der Waals surface area contributed by atoms with Crippen molar-refractivity contribution in [3.8, 4) is 45.8 Å². The first-order chi connectivity index (χ1) is 18.2. The lowest BCUT2D eigenvalue weighted by Crippen LogP contribution is -2.20. The molecule has 0 saturated heterocycles. The van der Waals surface area contributed by atoms with Crippen LogP contribution in [0.15, 0.2) is 82.0 Å². The summed E-state index contributed by atoms with van der Waals surface area (Å²) >= 11 is 0. The molecule has 0 N–H and O–H groups in total. The molecular formula is C28H19N5O4. The minimum absolute atomic E-state index is 0.191.